The average Bonchev–Trinajstić information content (AvgIpc) is 2.67. The molecule has 1 saturated heterocycles. The van der Waals surface area contributed by atoms with Crippen LogP contribution in [0.1, 0.15) is 41.5 Å². The first-order valence-corrected chi connectivity index (χ1v) is 9.65. The van der Waals surface area contributed by atoms with Crippen LogP contribution in [0, 0.1) is 5.82 Å². The van der Waals surface area contributed by atoms with E-state index in [9.17, 15) is 8.96 Å². The SMILES string of the molecule is CCOP(=O)(OCC)c1ccc(F)cc1B1OC(C)(C)C(C)(C)O1. The molecule has 2 rings (SSSR count). The number of hydrogen-bond acceptors (Lipinski definition) is 5. The Labute approximate surface area is 143 Å². The molecule has 0 spiro atoms. The van der Waals surface area contributed by atoms with Gasteiger partial charge in [0.2, 0.25) is 0 Å². The Morgan fingerprint density at radius 1 is 1.08 bits per heavy atom. The first-order chi connectivity index (χ1) is 11.1. The van der Waals surface area contributed by atoms with Gasteiger partial charge in [-0.25, -0.2) is 4.39 Å². The molecular formula is C16H25BFO5P. The van der Waals surface area contributed by atoms with Crippen molar-refractivity contribution < 1.29 is 27.3 Å². The Kier molecular flexibility index (Phi) is 5.63. The number of hydrogen-bond donors (Lipinski definition) is 0. The molecule has 0 atom stereocenters. The molecule has 0 bridgehead atoms. The summed E-state index contributed by atoms with van der Waals surface area (Å²) in [6, 6.07) is 3.92. The first kappa shape index (κ1) is 19.6. The molecule has 0 radical (unpaired) electrons. The molecule has 0 saturated carbocycles. The van der Waals surface area contributed by atoms with Crippen LogP contribution in [0.2, 0.25) is 0 Å². The van der Waals surface area contributed by atoms with Gasteiger partial charge in [0.1, 0.15) is 5.82 Å². The van der Waals surface area contributed by atoms with Crippen LogP contribution >= 0.6 is 7.60 Å². The summed E-state index contributed by atoms with van der Waals surface area (Å²) >= 11 is 0. The molecule has 134 valence electrons. The van der Waals surface area contributed by atoms with Crippen LogP contribution in [-0.2, 0) is 22.9 Å². The smallest absolute Gasteiger partial charge is 0.399 e. The number of halogens is 1. The largest absolute Gasteiger partial charge is 0.495 e. The molecule has 1 aromatic rings. The highest BCUT2D eigenvalue weighted by Crippen LogP contribution is 2.47. The van der Waals surface area contributed by atoms with E-state index in [1.54, 1.807) is 13.8 Å². The second kappa shape index (κ2) is 6.89. The molecule has 1 aromatic carbocycles. The van der Waals surface area contributed by atoms with Gasteiger partial charge < -0.3 is 18.4 Å². The van der Waals surface area contributed by atoms with E-state index in [1.165, 1.54) is 18.2 Å². The minimum atomic E-state index is -3.59. The summed E-state index contributed by atoms with van der Waals surface area (Å²) in [4.78, 5) is 0. The van der Waals surface area contributed by atoms with Gasteiger partial charge in [0.15, 0.2) is 0 Å². The maximum atomic E-state index is 13.9. The predicted molar refractivity (Wildman–Crippen MR) is 92.6 cm³/mol. The van der Waals surface area contributed by atoms with Crippen molar-refractivity contribution in [2.75, 3.05) is 13.2 Å². The van der Waals surface area contributed by atoms with Gasteiger partial charge >= 0.3 is 14.7 Å². The zero-order valence-corrected chi connectivity index (χ0v) is 16.0. The van der Waals surface area contributed by atoms with Crippen LogP contribution in [0.25, 0.3) is 0 Å². The summed E-state index contributed by atoms with van der Waals surface area (Å²) in [6.45, 7) is 11.5. The first-order valence-electron chi connectivity index (χ1n) is 8.11. The van der Waals surface area contributed by atoms with Gasteiger partial charge in [0.25, 0.3) is 0 Å². The van der Waals surface area contributed by atoms with Gasteiger partial charge in [-0.15, -0.1) is 0 Å². The highest BCUT2D eigenvalue weighted by molar-refractivity contribution is 7.62. The van der Waals surface area contributed by atoms with Gasteiger partial charge in [-0.1, -0.05) is 0 Å². The van der Waals surface area contributed by atoms with E-state index in [0.717, 1.165) is 0 Å². The lowest BCUT2D eigenvalue weighted by Gasteiger charge is -2.32. The highest BCUT2D eigenvalue weighted by Gasteiger charge is 2.53. The predicted octanol–water partition coefficient (Wildman–Crippen LogP) is 3.02. The Bertz CT molecular complexity index is 623. The van der Waals surface area contributed by atoms with Crippen LogP contribution in [0.4, 0.5) is 4.39 Å². The van der Waals surface area contributed by atoms with Crippen LogP contribution in [-0.4, -0.2) is 31.5 Å². The van der Waals surface area contributed by atoms with Crippen molar-refractivity contribution in [2.24, 2.45) is 0 Å². The van der Waals surface area contributed by atoms with Gasteiger partial charge in [-0.3, -0.25) is 4.57 Å². The lowest BCUT2D eigenvalue weighted by atomic mass is 9.79. The highest BCUT2D eigenvalue weighted by atomic mass is 31.2. The third-order valence-corrected chi connectivity index (χ3v) is 6.58. The molecule has 1 fully saturated rings. The number of benzene rings is 1. The molecule has 0 unspecified atom stereocenters. The summed E-state index contributed by atoms with van der Waals surface area (Å²) in [7, 11) is -4.44. The van der Waals surface area contributed by atoms with Crippen molar-refractivity contribution in [2.45, 2.75) is 52.7 Å². The van der Waals surface area contributed by atoms with Gasteiger partial charge in [0, 0.05) is 5.46 Å². The van der Waals surface area contributed by atoms with E-state index in [-0.39, 0.29) is 18.5 Å². The maximum Gasteiger partial charge on any atom is 0.495 e. The minimum absolute atomic E-state index is 0.206. The standard InChI is InChI=1S/C16H25BFO5P/c1-7-20-24(19,21-8-2)14-10-9-12(18)11-13(14)17-22-15(3,4)16(5,6)23-17/h9-11H,7-8H2,1-6H3. The Hall–Kier alpha value is -0.715. The van der Waals surface area contributed by atoms with Crippen molar-refractivity contribution in [3.8, 4) is 0 Å². The molecule has 0 amide bonds. The second-order valence-corrected chi connectivity index (χ2v) is 8.62. The molecule has 5 nitrogen and oxygen atoms in total. The van der Waals surface area contributed by atoms with E-state index in [4.69, 9.17) is 18.4 Å². The Morgan fingerprint density at radius 2 is 1.58 bits per heavy atom. The molecule has 0 aromatic heterocycles. The summed E-state index contributed by atoms with van der Waals surface area (Å²) in [5.74, 6) is -0.469. The number of rotatable bonds is 6. The second-order valence-electron chi connectivity index (χ2n) is 6.62. The Morgan fingerprint density at radius 3 is 2.04 bits per heavy atom. The average molecular weight is 358 g/mol. The van der Waals surface area contributed by atoms with E-state index in [1.807, 2.05) is 27.7 Å². The zero-order chi connectivity index (χ0) is 18.2. The van der Waals surface area contributed by atoms with E-state index in [0.29, 0.717) is 5.46 Å². The maximum absolute atomic E-state index is 13.9. The molecule has 0 N–H and O–H groups in total. The van der Waals surface area contributed by atoms with Crippen molar-refractivity contribution >= 4 is 25.5 Å². The molecule has 8 heteroatoms. The molecule has 0 aliphatic carbocycles. The molecule has 1 heterocycles. The van der Waals surface area contributed by atoms with Crippen LogP contribution in [0.15, 0.2) is 18.2 Å². The zero-order valence-electron chi connectivity index (χ0n) is 15.1. The third-order valence-electron chi connectivity index (χ3n) is 4.39. The Balaban J connectivity index is 2.52. The molecule has 1 aliphatic rings. The van der Waals surface area contributed by atoms with E-state index >= 15 is 0 Å². The van der Waals surface area contributed by atoms with Gasteiger partial charge in [-0.2, -0.15) is 0 Å². The van der Waals surface area contributed by atoms with E-state index < -0.39 is 31.7 Å². The van der Waals surface area contributed by atoms with Crippen LogP contribution in [0.5, 0.6) is 0 Å². The van der Waals surface area contributed by atoms with Crippen LogP contribution in [0.3, 0.4) is 0 Å². The van der Waals surface area contributed by atoms with Crippen molar-refractivity contribution in [1.82, 2.24) is 0 Å². The molecule has 24 heavy (non-hydrogen) atoms. The fraction of sp³-hybridized carbons (Fsp3) is 0.625. The summed E-state index contributed by atoms with van der Waals surface area (Å²) in [5.41, 5.74) is -0.857. The minimum Gasteiger partial charge on any atom is -0.399 e. The molecule has 1 aliphatic heterocycles. The van der Waals surface area contributed by atoms with E-state index in [2.05, 4.69) is 0 Å². The third kappa shape index (κ3) is 3.61. The van der Waals surface area contributed by atoms with Gasteiger partial charge in [-0.05, 0) is 59.7 Å². The lowest BCUT2D eigenvalue weighted by molar-refractivity contribution is 0.00578. The molecular weight excluding hydrogens is 333 g/mol. The van der Waals surface area contributed by atoms with Crippen LogP contribution < -0.4 is 10.8 Å². The summed E-state index contributed by atoms with van der Waals surface area (Å²) in [6.07, 6.45) is 0. The monoisotopic (exact) mass is 358 g/mol. The quantitative estimate of drug-likeness (QED) is 0.578. The fourth-order valence-corrected chi connectivity index (χ4v) is 4.23. The summed E-state index contributed by atoms with van der Waals surface area (Å²) < 4.78 is 49.8. The topological polar surface area (TPSA) is 54.0 Å². The van der Waals surface area contributed by atoms with Crippen molar-refractivity contribution in [1.29, 1.82) is 0 Å². The lowest BCUT2D eigenvalue weighted by Crippen LogP contribution is -2.44. The van der Waals surface area contributed by atoms with Crippen molar-refractivity contribution in [3.05, 3.63) is 24.0 Å². The fourth-order valence-electron chi connectivity index (χ4n) is 2.45. The van der Waals surface area contributed by atoms with Crippen molar-refractivity contribution in [3.63, 3.8) is 0 Å². The summed E-state index contributed by atoms with van der Waals surface area (Å²) in [5, 5.41) is 0.270. The normalized spacial score (nSPS) is 19.7. The van der Waals surface area contributed by atoms with Gasteiger partial charge in [0.05, 0.1) is 29.7 Å².